The average Bonchev–Trinajstić information content (AvgIpc) is 3.33. The molecule has 2 aromatic carbocycles. The number of alkyl halides is 5. The van der Waals surface area contributed by atoms with Gasteiger partial charge < -0.3 is 19.7 Å². The molecule has 4 atom stereocenters. The van der Waals surface area contributed by atoms with E-state index in [1.807, 2.05) is 25.8 Å². The van der Waals surface area contributed by atoms with E-state index in [4.69, 9.17) is 4.74 Å². The summed E-state index contributed by atoms with van der Waals surface area (Å²) in [7, 11) is 3.05. The van der Waals surface area contributed by atoms with E-state index in [9.17, 15) is 31.5 Å². The molecular weight excluding hydrogens is 651 g/mol. The average molecular weight is 684 g/mol. The van der Waals surface area contributed by atoms with Gasteiger partial charge in [-0.05, 0) is 51.2 Å². The number of rotatable bonds is 8. The number of nitrogens with zero attached hydrogens (tertiary/aromatic N) is 4. The smallest absolute Gasteiger partial charge is 0.421 e. The number of hydrogen-bond acceptors (Lipinski definition) is 7. The Kier molecular flexibility index (Phi) is 9.76. The van der Waals surface area contributed by atoms with Gasteiger partial charge in [-0.1, -0.05) is 0 Å². The molecule has 0 radical (unpaired) electrons. The van der Waals surface area contributed by atoms with E-state index in [0.29, 0.717) is 4.90 Å². The predicted octanol–water partition coefficient (Wildman–Crippen LogP) is 5.45. The number of aromatic nitrogens is 1. The Morgan fingerprint density at radius 2 is 1.58 bits per heavy atom. The quantitative estimate of drug-likeness (QED) is 0.317. The second-order valence-electron chi connectivity index (χ2n) is 11.7. The van der Waals surface area contributed by atoms with Crippen LogP contribution in [0.4, 0.5) is 42.2 Å². The lowest BCUT2D eigenvalue weighted by Crippen LogP contribution is -2.55. The van der Waals surface area contributed by atoms with E-state index < -0.39 is 71.7 Å². The number of hydrogen-bond donors (Lipinski definition) is 1. The summed E-state index contributed by atoms with van der Waals surface area (Å²) in [4.78, 5) is 35.5. The minimum absolute atomic E-state index is 0.110. The highest BCUT2D eigenvalue weighted by molar-refractivity contribution is 6.05. The number of halogens is 7. The third-order valence-corrected chi connectivity index (χ3v) is 8.75. The van der Waals surface area contributed by atoms with E-state index in [0.717, 1.165) is 42.6 Å². The molecule has 2 amide bonds. The fourth-order valence-electron chi connectivity index (χ4n) is 6.17. The number of ether oxygens (including phenoxy) is 2. The lowest BCUT2D eigenvalue weighted by molar-refractivity contribution is -0.137. The number of methoxy groups -OCH3 is 1. The summed E-state index contributed by atoms with van der Waals surface area (Å²) in [5.74, 6) is -7.13. The Balaban J connectivity index is 1.57. The highest BCUT2D eigenvalue weighted by atomic mass is 19.4. The molecule has 3 aromatic rings. The Morgan fingerprint density at radius 3 is 2.12 bits per heavy atom. The van der Waals surface area contributed by atoms with Crippen LogP contribution in [0.15, 0.2) is 48.7 Å². The molecule has 0 saturated carbocycles. The number of carbonyl (C=O) groups excluding carboxylic acids is 2. The van der Waals surface area contributed by atoms with Crippen LogP contribution in [0.2, 0.25) is 0 Å². The highest BCUT2D eigenvalue weighted by Crippen LogP contribution is 2.45. The van der Waals surface area contributed by atoms with E-state index in [-0.39, 0.29) is 47.9 Å². The molecule has 0 bridgehead atoms. The molecule has 0 spiro atoms. The first-order valence-corrected chi connectivity index (χ1v) is 14.8. The fourth-order valence-corrected chi connectivity index (χ4v) is 6.17. The van der Waals surface area contributed by atoms with Crippen molar-refractivity contribution in [2.45, 2.75) is 50.7 Å². The fraction of sp³-hybridized carbons (Fsp3) is 0.406. The van der Waals surface area contributed by atoms with Crippen molar-refractivity contribution < 1.29 is 49.8 Å². The van der Waals surface area contributed by atoms with Crippen molar-refractivity contribution in [2.24, 2.45) is 0 Å². The number of benzene rings is 2. The summed E-state index contributed by atoms with van der Waals surface area (Å²) in [5.41, 5.74) is -2.24. The maximum Gasteiger partial charge on any atom is 0.421 e. The molecule has 16 heteroatoms. The van der Waals surface area contributed by atoms with Crippen LogP contribution in [0.25, 0.3) is 0 Å². The summed E-state index contributed by atoms with van der Waals surface area (Å²) in [6.45, 7) is 0.422. The van der Waals surface area contributed by atoms with Gasteiger partial charge in [0.2, 0.25) is 0 Å². The molecule has 0 unspecified atom stereocenters. The molecule has 2 aliphatic heterocycles. The van der Waals surface area contributed by atoms with Crippen molar-refractivity contribution in [2.75, 3.05) is 43.6 Å². The minimum atomic E-state index is -5.01. The van der Waals surface area contributed by atoms with Crippen LogP contribution in [0.5, 0.6) is 11.5 Å². The third kappa shape index (κ3) is 6.84. The SMILES string of the molecule is COc1cc(F)c([C@@H]2CN(c3nccc(N4C[C@@H](C)N(C)[C@@H](C)C4)c3C(F)(F)F)C(=O)[C@H]2NC(=O)c2ccc(OC(F)F)cc2)c(F)c1. The molecule has 0 aliphatic carbocycles. The number of amides is 2. The summed E-state index contributed by atoms with van der Waals surface area (Å²) in [6, 6.07) is 5.27. The number of likely N-dealkylation sites (N-methyl/N-ethyl adjacent to an activating group) is 1. The Morgan fingerprint density at radius 1 is 0.979 bits per heavy atom. The van der Waals surface area contributed by atoms with Gasteiger partial charge in [-0.3, -0.25) is 19.4 Å². The van der Waals surface area contributed by atoms with Crippen molar-refractivity contribution >= 4 is 23.3 Å². The number of anilines is 2. The van der Waals surface area contributed by atoms with Crippen LogP contribution in [-0.2, 0) is 11.0 Å². The third-order valence-electron chi connectivity index (χ3n) is 8.75. The zero-order valence-corrected chi connectivity index (χ0v) is 26.2. The molecule has 2 saturated heterocycles. The van der Waals surface area contributed by atoms with Gasteiger partial charge in [-0.2, -0.15) is 22.0 Å². The van der Waals surface area contributed by atoms with Crippen LogP contribution >= 0.6 is 0 Å². The van der Waals surface area contributed by atoms with Gasteiger partial charge >= 0.3 is 12.8 Å². The van der Waals surface area contributed by atoms with Crippen LogP contribution in [0.1, 0.15) is 41.3 Å². The zero-order chi connectivity index (χ0) is 35.1. The maximum absolute atomic E-state index is 15.4. The Hall–Kier alpha value is -4.60. The maximum atomic E-state index is 15.4. The Bertz CT molecular complexity index is 1640. The predicted molar refractivity (Wildman–Crippen MR) is 160 cm³/mol. The summed E-state index contributed by atoms with van der Waals surface area (Å²) in [6.07, 6.45) is -3.89. The van der Waals surface area contributed by atoms with Crippen molar-refractivity contribution in [1.29, 1.82) is 0 Å². The van der Waals surface area contributed by atoms with Crippen molar-refractivity contribution in [3.05, 3.63) is 77.0 Å². The molecule has 5 rings (SSSR count). The van der Waals surface area contributed by atoms with Gasteiger partial charge in [-0.15, -0.1) is 0 Å². The first-order valence-electron chi connectivity index (χ1n) is 14.8. The molecule has 1 aromatic heterocycles. The van der Waals surface area contributed by atoms with Gasteiger partial charge in [-0.25, -0.2) is 13.8 Å². The van der Waals surface area contributed by atoms with E-state index in [2.05, 4.69) is 15.0 Å². The van der Waals surface area contributed by atoms with Gasteiger partial charge in [0.15, 0.2) is 0 Å². The molecule has 1 N–H and O–H groups in total. The molecule has 258 valence electrons. The molecule has 48 heavy (non-hydrogen) atoms. The normalized spacial score (nSPS) is 22.0. The number of carbonyl (C=O) groups is 2. The van der Waals surface area contributed by atoms with Crippen LogP contribution in [0, 0.1) is 11.6 Å². The number of pyridine rings is 1. The number of nitrogens with one attached hydrogen (secondary N) is 1. The van der Waals surface area contributed by atoms with Crippen molar-refractivity contribution in [1.82, 2.24) is 15.2 Å². The topological polar surface area (TPSA) is 87.2 Å². The molecule has 9 nitrogen and oxygen atoms in total. The first kappa shape index (κ1) is 34.7. The van der Waals surface area contributed by atoms with Gasteiger partial charge in [0.1, 0.15) is 40.6 Å². The number of piperazine rings is 1. The standard InChI is InChI=1S/C32H32F7N5O4/c1-16-13-43(14-17(2)42(16)3)24-9-10-40-28(26(24)32(37,38)39)44-15-21(25-22(33)11-20(47-4)12-23(25)34)27(30(44)46)41-29(45)18-5-7-19(8-6-18)48-31(35)36/h5-12,16-17,21,27,31H,13-15H2,1-4H3,(H,41,45)/t16-,17+,21-,27-/m0/s1. The van der Waals surface area contributed by atoms with Crippen LogP contribution in [-0.4, -0.2) is 80.2 Å². The molecule has 2 fully saturated rings. The van der Waals surface area contributed by atoms with Gasteiger partial charge in [0.05, 0.1) is 12.8 Å². The highest BCUT2D eigenvalue weighted by Gasteiger charge is 2.49. The van der Waals surface area contributed by atoms with E-state index >= 15 is 8.78 Å². The van der Waals surface area contributed by atoms with E-state index in [1.165, 1.54) is 13.2 Å². The lowest BCUT2D eigenvalue weighted by atomic mass is 9.92. The molecular formula is C32H32F7N5O4. The second kappa shape index (κ2) is 13.5. The molecule has 3 heterocycles. The van der Waals surface area contributed by atoms with Crippen molar-refractivity contribution in [3.63, 3.8) is 0 Å². The van der Waals surface area contributed by atoms with Crippen LogP contribution < -0.4 is 24.6 Å². The molecule has 2 aliphatic rings. The second-order valence-corrected chi connectivity index (χ2v) is 11.7. The summed E-state index contributed by atoms with van der Waals surface area (Å²) < 4.78 is 110. The minimum Gasteiger partial charge on any atom is -0.497 e. The largest absolute Gasteiger partial charge is 0.497 e. The van der Waals surface area contributed by atoms with Gasteiger partial charge in [0.25, 0.3) is 11.8 Å². The zero-order valence-electron chi connectivity index (χ0n) is 26.2. The monoisotopic (exact) mass is 683 g/mol. The Labute approximate surface area is 271 Å². The van der Waals surface area contributed by atoms with E-state index in [1.54, 1.807) is 4.90 Å². The van der Waals surface area contributed by atoms with Gasteiger partial charge in [0, 0.05) is 67.1 Å². The van der Waals surface area contributed by atoms with Crippen LogP contribution in [0.3, 0.4) is 0 Å². The lowest BCUT2D eigenvalue weighted by Gasteiger charge is -2.44. The van der Waals surface area contributed by atoms with Crippen molar-refractivity contribution in [3.8, 4) is 11.5 Å². The summed E-state index contributed by atoms with van der Waals surface area (Å²) in [5, 5.41) is 2.38. The summed E-state index contributed by atoms with van der Waals surface area (Å²) >= 11 is 0. The first-order chi connectivity index (χ1) is 22.6.